The number of hydrogen-bond acceptors (Lipinski definition) is 4. The molecule has 6 heteroatoms. The maximum Gasteiger partial charge on any atom is 0.241 e. The number of methoxy groups -OCH3 is 1. The van der Waals surface area contributed by atoms with Crippen molar-refractivity contribution in [2.45, 2.75) is 17.4 Å². The van der Waals surface area contributed by atoms with Gasteiger partial charge in [-0.15, -0.1) is 6.58 Å². The third-order valence-corrected chi connectivity index (χ3v) is 3.24. The second kappa shape index (κ2) is 5.31. The molecule has 94 valence electrons. The molecule has 0 amide bonds. The lowest BCUT2D eigenvalue weighted by Gasteiger charge is -2.10. The van der Waals surface area contributed by atoms with E-state index in [1.54, 1.807) is 18.2 Å². The number of nitrogens with two attached hydrogens (primary N) is 2. The number of rotatable bonds is 5. The van der Waals surface area contributed by atoms with E-state index in [-0.39, 0.29) is 16.7 Å². The van der Waals surface area contributed by atoms with E-state index in [0.29, 0.717) is 6.42 Å². The van der Waals surface area contributed by atoms with E-state index in [1.165, 1.54) is 13.2 Å². The standard InChI is InChI=1S/C11H16N2O3S/c1-3-9(12)6-8-4-5-10(16-2)11(7-8)17(13,14)15/h3-5,7,9H,1,6,12H2,2H3,(H2,13,14,15)/t9-/m1/s1. The highest BCUT2D eigenvalue weighted by Gasteiger charge is 2.15. The number of sulfonamides is 1. The van der Waals surface area contributed by atoms with Crippen LogP contribution in [0.1, 0.15) is 5.56 Å². The Balaban J connectivity index is 3.18. The molecule has 0 bridgehead atoms. The van der Waals surface area contributed by atoms with E-state index in [2.05, 4.69) is 6.58 Å². The zero-order chi connectivity index (χ0) is 13.1. The van der Waals surface area contributed by atoms with E-state index >= 15 is 0 Å². The summed E-state index contributed by atoms with van der Waals surface area (Å²) in [7, 11) is -2.41. The molecule has 4 N–H and O–H groups in total. The monoisotopic (exact) mass is 256 g/mol. The number of benzene rings is 1. The number of ether oxygens (including phenoxy) is 1. The fourth-order valence-electron chi connectivity index (χ4n) is 1.43. The van der Waals surface area contributed by atoms with Crippen molar-refractivity contribution in [2.75, 3.05) is 7.11 Å². The molecule has 0 aromatic heterocycles. The van der Waals surface area contributed by atoms with Crippen LogP contribution < -0.4 is 15.6 Å². The minimum atomic E-state index is -3.80. The summed E-state index contributed by atoms with van der Waals surface area (Å²) in [6, 6.07) is 4.55. The second-order valence-corrected chi connectivity index (χ2v) is 5.16. The molecule has 0 heterocycles. The minimum Gasteiger partial charge on any atom is -0.495 e. The molecule has 0 saturated carbocycles. The van der Waals surface area contributed by atoms with Gasteiger partial charge in [-0.3, -0.25) is 0 Å². The Kier molecular flexibility index (Phi) is 4.28. The molecule has 0 aliphatic heterocycles. The summed E-state index contributed by atoms with van der Waals surface area (Å²) in [6.07, 6.45) is 2.09. The third kappa shape index (κ3) is 3.55. The first-order chi connectivity index (χ1) is 7.88. The van der Waals surface area contributed by atoms with Crippen LogP contribution in [0.4, 0.5) is 0 Å². The first-order valence-corrected chi connectivity index (χ1v) is 6.51. The van der Waals surface area contributed by atoms with Gasteiger partial charge in [-0.05, 0) is 24.1 Å². The van der Waals surface area contributed by atoms with Crippen LogP contribution in [-0.4, -0.2) is 21.6 Å². The van der Waals surface area contributed by atoms with Gasteiger partial charge in [-0.1, -0.05) is 12.1 Å². The van der Waals surface area contributed by atoms with E-state index in [0.717, 1.165) is 5.56 Å². The predicted octanol–water partition coefficient (Wildman–Crippen LogP) is 0.398. The summed E-state index contributed by atoms with van der Waals surface area (Å²) in [5.41, 5.74) is 6.47. The molecule has 1 aromatic carbocycles. The van der Waals surface area contributed by atoms with Gasteiger partial charge in [0.25, 0.3) is 0 Å². The van der Waals surface area contributed by atoms with Crippen molar-refractivity contribution in [3.8, 4) is 5.75 Å². The maximum atomic E-state index is 11.4. The predicted molar refractivity (Wildman–Crippen MR) is 66.2 cm³/mol. The first kappa shape index (κ1) is 13.7. The Labute approximate surface area is 101 Å². The topological polar surface area (TPSA) is 95.4 Å². The average molecular weight is 256 g/mol. The molecular formula is C11H16N2O3S. The fourth-order valence-corrected chi connectivity index (χ4v) is 2.17. The van der Waals surface area contributed by atoms with Crippen LogP contribution in [0.25, 0.3) is 0 Å². The highest BCUT2D eigenvalue weighted by Crippen LogP contribution is 2.24. The Morgan fingerprint density at radius 1 is 1.53 bits per heavy atom. The molecule has 0 aliphatic carbocycles. The molecule has 0 spiro atoms. The molecule has 5 nitrogen and oxygen atoms in total. The van der Waals surface area contributed by atoms with Gasteiger partial charge in [0.2, 0.25) is 10.0 Å². The Morgan fingerprint density at radius 2 is 2.18 bits per heavy atom. The van der Waals surface area contributed by atoms with Crippen LogP contribution >= 0.6 is 0 Å². The zero-order valence-electron chi connectivity index (χ0n) is 9.59. The fraction of sp³-hybridized carbons (Fsp3) is 0.273. The van der Waals surface area contributed by atoms with Gasteiger partial charge in [0.15, 0.2) is 0 Å². The summed E-state index contributed by atoms with van der Waals surface area (Å²) in [5, 5.41) is 5.11. The summed E-state index contributed by atoms with van der Waals surface area (Å²) < 4.78 is 27.7. The maximum absolute atomic E-state index is 11.4. The molecule has 0 aliphatic rings. The van der Waals surface area contributed by atoms with Crippen molar-refractivity contribution < 1.29 is 13.2 Å². The summed E-state index contributed by atoms with van der Waals surface area (Å²) in [5.74, 6) is 0.225. The molecule has 0 saturated heterocycles. The zero-order valence-corrected chi connectivity index (χ0v) is 10.4. The highest BCUT2D eigenvalue weighted by molar-refractivity contribution is 7.89. The van der Waals surface area contributed by atoms with Crippen LogP contribution in [0, 0.1) is 0 Å². The lowest BCUT2D eigenvalue weighted by Crippen LogP contribution is -2.20. The lowest BCUT2D eigenvalue weighted by molar-refractivity contribution is 0.402. The molecule has 0 fully saturated rings. The molecule has 1 atom stereocenters. The molecular weight excluding hydrogens is 240 g/mol. The van der Waals surface area contributed by atoms with Gasteiger partial charge in [0.1, 0.15) is 10.6 Å². The molecule has 1 rings (SSSR count). The van der Waals surface area contributed by atoms with Crippen molar-refractivity contribution in [2.24, 2.45) is 10.9 Å². The minimum absolute atomic E-state index is 0.0336. The smallest absolute Gasteiger partial charge is 0.241 e. The summed E-state index contributed by atoms with van der Waals surface area (Å²) >= 11 is 0. The Morgan fingerprint density at radius 3 is 2.65 bits per heavy atom. The quantitative estimate of drug-likeness (QED) is 0.745. The SMILES string of the molecule is C=C[C@@H](N)Cc1ccc(OC)c(S(N)(=O)=O)c1. The lowest BCUT2D eigenvalue weighted by atomic mass is 10.1. The van der Waals surface area contributed by atoms with Crippen molar-refractivity contribution in [1.82, 2.24) is 0 Å². The second-order valence-electron chi connectivity index (χ2n) is 3.63. The van der Waals surface area contributed by atoms with E-state index in [1.807, 2.05) is 0 Å². The van der Waals surface area contributed by atoms with Gasteiger partial charge >= 0.3 is 0 Å². The van der Waals surface area contributed by atoms with Crippen LogP contribution in [0.5, 0.6) is 5.75 Å². The summed E-state index contributed by atoms with van der Waals surface area (Å²) in [4.78, 5) is -0.0336. The van der Waals surface area contributed by atoms with Crippen molar-refractivity contribution in [3.63, 3.8) is 0 Å². The van der Waals surface area contributed by atoms with Crippen LogP contribution in [0.3, 0.4) is 0 Å². The Bertz CT molecular complexity index is 511. The average Bonchev–Trinajstić information content (AvgIpc) is 2.27. The van der Waals surface area contributed by atoms with Crippen LogP contribution in [0.15, 0.2) is 35.7 Å². The van der Waals surface area contributed by atoms with Crippen molar-refractivity contribution in [1.29, 1.82) is 0 Å². The van der Waals surface area contributed by atoms with Gasteiger partial charge < -0.3 is 10.5 Å². The third-order valence-electron chi connectivity index (χ3n) is 2.31. The normalized spacial score (nSPS) is 13.1. The van der Waals surface area contributed by atoms with Gasteiger partial charge in [-0.25, -0.2) is 13.6 Å². The van der Waals surface area contributed by atoms with Gasteiger partial charge in [0, 0.05) is 6.04 Å². The van der Waals surface area contributed by atoms with Crippen molar-refractivity contribution >= 4 is 10.0 Å². The first-order valence-electron chi connectivity index (χ1n) is 4.96. The summed E-state index contributed by atoms with van der Waals surface area (Å²) in [6.45, 7) is 3.57. The number of primary sulfonamides is 1. The van der Waals surface area contributed by atoms with E-state index < -0.39 is 10.0 Å². The van der Waals surface area contributed by atoms with Gasteiger partial charge in [0.05, 0.1) is 7.11 Å². The van der Waals surface area contributed by atoms with Crippen LogP contribution in [0.2, 0.25) is 0 Å². The van der Waals surface area contributed by atoms with Gasteiger partial charge in [-0.2, -0.15) is 0 Å². The molecule has 0 radical (unpaired) electrons. The highest BCUT2D eigenvalue weighted by atomic mass is 32.2. The molecule has 0 unspecified atom stereocenters. The molecule has 1 aromatic rings. The number of hydrogen-bond donors (Lipinski definition) is 2. The molecule has 17 heavy (non-hydrogen) atoms. The van der Waals surface area contributed by atoms with E-state index in [9.17, 15) is 8.42 Å². The van der Waals surface area contributed by atoms with Crippen molar-refractivity contribution in [3.05, 3.63) is 36.4 Å². The van der Waals surface area contributed by atoms with E-state index in [4.69, 9.17) is 15.6 Å². The largest absolute Gasteiger partial charge is 0.495 e. The van der Waals surface area contributed by atoms with Crippen LogP contribution in [-0.2, 0) is 16.4 Å². The Hall–Kier alpha value is -1.37.